The Morgan fingerprint density at radius 1 is 0.462 bits per heavy atom. The van der Waals surface area contributed by atoms with Crippen LogP contribution in [0.25, 0.3) is 11.1 Å². The molecule has 4 aromatic carbocycles. The summed E-state index contributed by atoms with van der Waals surface area (Å²) in [5.74, 6) is 0. The highest BCUT2D eigenvalue weighted by Gasteiger charge is 2.12. The highest BCUT2D eigenvalue weighted by atomic mass is 15.1. The molecule has 0 bridgehead atoms. The number of benzene rings is 4. The minimum Gasteiger partial charge on any atom is -0.310 e. The first kappa shape index (κ1) is 16.2. The standard InChI is InChI=1S/C24H18BN/c25-21-11-7-9-19(17-21)20-10-8-16-24(18-20)26(22-12-3-1-4-13-22)23-14-5-2-6-15-23/h1-18H. The van der Waals surface area contributed by atoms with Crippen molar-refractivity contribution in [2.75, 3.05) is 4.90 Å². The largest absolute Gasteiger partial charge is 0.310 e. The van der Waals surface area contributed by atoms with Gasteiger partial charge in [0.2, 0.25) is 0 Å². The third-order valence-corrected chi connectivity index (χ3v) is 4.35. The van der Waals surface area contributed by atoms with Crippen LogP contribution in [0.3, 0.4) is 0 Å². The molecule has 122 valence electrons. The Bertz CT molecular complexity index is 957. The zero-order valence-electron chi connectivity index (χ0n) is 14.4. The Morgan fingerprint density at radius 2 is 0.962 bits per heavy atom. The maximum absolute atomic E-state index is 5.97. The van der Waals surface area contributed by atoms with Gasteiger partial charge in [0, 0.05) is 17.1 Å². The minimum absolute atomic E-state index is 0.774. The highest BCUT2D eigenvalue weighted by Crippen LogP contribution is 2.35. The lowest BCUT2D eigenvalue weighted by molar-refractivity contribution is 1.28. The van der Waals surface area contributed by atoms with Gasteiger partial charge < -0.3 is 4.90 Å². The molecule has 0 N–H and O–H groups in total. The fraction of sp³-hybridized carbons (Fsp3) is 0. The van der Waals surface area contributed by atoms with Crippen LogP contribution >= 0.6 is 0 Å². The van der Waals surface area contributed by atoms with E-state index in [0.29, 0.717) is 0 Å². The van der Waals surface area contributed by atoms with Crippen LogP contribution in [0.5, 0.6) is 0 Å². The molecule has 26 heavy (non-hydrogen) atoms. The molecule has 0 saturated heterocycles. The summed E-state index contributed by atoms with van der Waals surface area (Å²) < 4.78 is 0. The molecule has 2 heteroatoms. The summed E-state index contributed by atoms with van der Waals surface area (Å²) in [6.45, 7) is 0. The highest BCUT2D eigenvalue weighted by molar-refractivity contribution is 6.32. The van der Waals surface area contributed by atoms with E-state index in [0.717, 1.165) is 33.7 Å². The molecule has 0 aliphatic rings. The number of hydrogen-bond acceptors (Lipinski definition) is 1. The van der Waals surface area contributed by atoms with Gasteiger partial charge in [-0.3, -0.25) is 0 Å². The maximum Gasteiger partial charge on any atom is 0.113 e. The Kier molecular flexibility index (Phi) is 4.57. The first-order valence-corrected chi connectivity index (χ1v) is 8.67. The van der Waals surface area contributed by atoms with Crippen molar-refractivity contribution in [1.82, 2.24) is 0 Å². The van der Waals surface area contributed by atoms with E-state index in [-0.39, 0.29) is 0 Å². The maximum atomic E-state index is 5.97. The van der Waals surface area contributed by atoms with Gasteiger partial charge >= 0.3 is 0 Å². The van der Waals surface area contributed by atoms with E-state index >= 15 is 0 Å². The van der Waals surface area contributed by atoms with Gasteiger partial charge in [-0.1, -0.05) is 78.3 Å². The molecule has 0 atom stereocenters. The van der Waals surface area contributed by atoms with Gasteiger partial charge in [0.15, 0.2) is 0 Å². The molecule has 4 aromatic rings. The van der Waals surface area contributed by atoms with Crippen LogP contribution in [0.2, 0.25) is 0 Å². The van der Waals surface area contributed by atoms with Crippen molar-refractivity contribution < 1.29 is 0 Å². The zero-order chi connectivity index (χ0) is 17.8. The predicted octanol–water partition coefficient (Wildman–Crippen LogP) is 5.62. The normalized spacial score (nSPS) is 10.5. The molecule has 0 aliphatic carbocycles. The number of para-hydroxylation sites is 2. The van der Waals surface area contributed by atoms with Crippen LogP contribution in [0, 0.1) is 0 Å². The molecule has 0 aliphatic heterocycles. The van der Waals surface area contributed by atoms with Gasteiger partial charge in [-0.05, 0) is 47.5 Å². The zero-order valence-corrected chi connectivity index (χ0v) is 14.4. The second kappa shape index (κ2) is 7.32. The van der Waals surface area contributed by atoms with Crippen molar-refractivity contribution in [2.45, 2.75) is 0 Å². The molecule has 2 radical (unpaired) electrons. The molecule has 0 fully saturated rings. The third-order valence-electron chi connectivity index (χ3n) is 4.35. The van der Waals surface area contributed by atoms with E-state index in [2.05, 4.69) is 83.8 Å². The summed E-state index contributed by atoms with van der Waals surface area (Å²) in [5, 5.41) is 0. The summed E-state index contributed by atoms with van der Waals surface area (Å²) in [4.78, 5) is 2.26. The molecular formula is C24H18BN. The van der Waals surface area contributed by atoms with Crippen molar-refractivity contribution in [3.8, 4) is 11.1 Å². The van der Waals surface area contributed by atoms with Crippen LogP contribution in [0.1, 0.15) is 0 Å². The fourth-order valence-corrected chi connectivity index (χ4v) is 3.14. The van der Waals surface area contributed by atoms with Crippen molar-refractivity contribution >= 4 is 30.4 Å². The van der Waals surface area contributed by atoms with Gasteiger partial charge in [-0.25, -0.2) is 0 Å². The molecule has 1 nitrogen and oxygen atoms in total. The monoisotopic (exact) mass is 331 g/mol. The Morgan fingerprint density at radius 3 is 1.54 bits per heavy atom. The molecule has 0 spiro atoms. The lowest BCUT2D eigenvalue weighted by atomic mass is 9.92. The molecule has 0 heterocycles. The van der Waals surface area contributed by atoms with Gasteiger partial charge in [0.05, 0.1) is 0 Å². The lowest BCUT2D eigenvalue weighted by Gasteiger charge is -2.26. The van der Waals surface area contributed by atoms with Crippen molar-refractivity contribution in [3.05, 3.63) is 109 Å². The van der Waals surface area contributed by atoms with E-state index in [9.17, 15) is 0 Å². The molecule has 0 saturated carbocycles. The van der Waals surface area contributed by atoms with Crippen LogP contribution < -0.4 is 10.4 Å². The Hall–Kier alpha value is -3.26. The second-order valence-electron chi connectivity index (χ2n) is 6.18. The third kappa shape index (κ3) is 3.40. The van der Waals surface area contributed by atoms with Crippen molar-refractivity contribution in [1.29, 1.82) is 0 Å². The molecular weight excluding hydrogens is 313 g/mol. The van der Waals surface area contributed by atoms with Gasteiger partial charge in [-0.15, -0.1) is 0 Å². The first-order valence-electron chi connectivity index (χ1n) is 8.67. The SMILES string of the molecule is [B]c1cccc(-c2cccc(N(c3ccccc3)c3ccccc3)c2)c1. The Balaban J connectivity index is 1.83. The Labute approximate surface area is 156 Å². The van der Waals surface area contributed by atoms with E-state index in [1.807, 2.05) is 30.3 Å². The molecule has 0 aromatic heterocycles. The van der Waals surface area contributed by atoms with Crippen molar-refractivity contribution in [3.63, 3.8) is 0 Å². The van der Waals surface area contributed by atoms with E-state index < -0.39 is 0 Å². The number of hydrogen-bond donors (Lipinski definition) is 0. The fourth-order valence-electron chi connectivity index (χ4n) is 3.14. The molecule has 0 unspecified atom stereocenters. The van der Waals surface area contributed by atoms with Crippen LogP contribution in [-0.4, -0.2) is 7.85 Å². The second-order valence-corrected chi connectivity index (χ2v) is 6.18. The van der Waals surface area contributed by atoms with Gasteiger partial charge in [0.1, 0.15) is 7.85 Å². The van der Waals surface area contributed by atoms with E-state index in [1.165, 1.54) is 0 Å². The number of rotatable bonds is 4. The quantitative estimate of drug-likeness (QED) is 0.439. The van der Waals surface area contributed by atoms with Crippen LogP contribution in [0.4, 0.5) is 17.1 Å². The van der Waals surface area contributed by atoms with Gasteiger partial charge in [-0.2, -0.15) is 0 Å². The lowest BCUT2D eigenvalue weighted by Crippen LogP contribution is -2.09. The predicted molar refractivity (Wildman–Crippen MR) is 112 cm³/mol. The van der Waals surface area contributed by atoms with E-state index in [1.54, 1.807) is 0 Å². The average Bonchev–Trinajstić information content (AvgIpc) is 2.70. The molecule has 0 amide bonds. The summed E-state index contributed by atoms with van der Waals surface area (Å²) in [6, 6.07) is 37.4. The molecule has 4 rings (SSSR count). The summed E-state index contributed by atoms with van der Waals surface area (Å²) >= 11 is 0. The minimum atomic E-state index is 0.774. The number of nitrogens with zero attached hydrogens (tertiary/aromatic N) is 1. The summed E-state index contributed by atoms with van der Waals surface area (Å²) in [6.07, 6.45) is 0. The average molecular weight is 331 g/mol. The van der Waals surface area contributed by atoms with Crippen LogP contribution in [0.15, 0.2) is 109 Å². The summed E-state index contributed by atoms with van der Waals surface area (Å²) in [5.41, 5.74) is 6.41. The first-order chi connectivity index (χ1) is 12.8. The van der Waals surface area contributed by atoms with Crippen molar-refractivity contribution in [2.24, 2.45) is 0 Å². The van der Waals surface area contributed by atoms with Crippen LogP contribution in [-0.2, 0) is 0 Å². The summed E-state index contributed by atoms with van der Waals surface area (Å²) in [7, 11) is 5.97. The van der Waals surface area contributed by atoms with E-state index in [4.69, 9.17) is 7.85 Å². The topological polar surface area (TPSA) is 3.24 Å². The van der Waals surface area contributed by atoms with Gasteiger partial charge in [0.25, 0.3) is 0 Å². The smallest absolute Gasteiger partial charge is 0.113 e. The number of anilines is 3.